The van der Waals surface area contributed by atoms with E-state index >= 15 is 0 Å². The average molecular weight is 298 g/mol. The molecule has 1 atom stereocenters. The first kappa shape index (κ1) is 14.4. The number of aromatic amines is 1. The van der Waals surface area contributed by atoms with E-state index in [-0.39, 0.29) is 6.04 Å². The highest BCUT2D eigenvalue weighted by atomic mass is 35.5. The third-order valence-electron chi connectivity index (χ3n) is 2.93. The van der Waals surface area contributed by atoms with Crippen LogP contribution in [-0.2, 0) is 6.42 Å². The molecule has 102 valence electrons. The van der Waals surface area contributed by atoms with Gasteiger partial charge in [0.1, 0.15) is 5.82 Å². The molecule has 0 saturated heterocycles. The van der Waals surface area contributed by atoms with Gasteiger partial charge in [-0.2, -0.15) is 0 Å². The van der Waals surface area contributed by atoms with Gasteiger partial charge in [0.2, 0.25) is 0 Å². The molecule has 0 aliphatic heterocycles. The van der Waals surface area contributed by atoms with Gasteiger partial charge in [-0.15, -0.1) is 0 Å². The Labute approximate surface area is 123 Å². The highest BCUT2D eigenvalue weighted by molar-refractivity contribution is 6.33. The molecule has 0 fully saturated rings. The van der Waals surface area contributed by atoms with Gasteiger partial charge in [-0.3, -0.25) is 0 Å². The summed E-state index contributed by atoms with van der Waals surface area (Å²) in [6.45, 7) is 3.06. The zero-order chi connectivity index (χ0) is 13.7. The molecule has 0 radical (unpaired) electrons. The minimum Gasteiger partial charge on any atom is -0.349 e. The Morgan fingerprint density at radius 3 is 2.89 bits per heavy atom. The van der Waals surface area contributed by atoms with Crippen LogP contribution in [0, 0.1) is 0 Å². The van der Waals surface area contributed by atoms with Crippen LogP contribution in [0.1, 0.15) is 30.8 Å². The van der Waals surface area contributed by atoms with Crippen molar-refractivity contribution in [1.82, 2.24) is 15.3 Å². The topological polar surface area (TPSA) is 40.7 Å². The van der Waals surface area contributed by atoms with Crippen LogP contribution in [0.5, 0.6) is 0 Å². The average Bonchev–Trinajstić information content (AvgIpc) is 2.90. The number of nitrogens with zero attached hydrogens (tertiary/aromatic N) is 1. The molecule has 1 heterocycles. The highest BCUT2D eigenvalue weighted by Crippen LogP contribution is 2.28. The largest absolute Gasteiger partial charge is 0.349 e. The minimum atomic E-state index is 0.109. The maximum absolute atomic E-state index is 6.28. The fourth-order valence-electron chi connectivity index (χ4n) is 2.00. The molecule has 2 N–H and O–H groups in total. The number of aromatic nitrogens is 2. The Morgan fingerprint density at radius 2 is 2.21 bits per heavy atom. The Morgan fingerprint density at radius 1 is 1.37 bits per heavy atom. The fourth-order valence-corrected chi connectivity index (χ4v) is 2.43. The van der Waals surface area contributed by atoms with E-state index in [1.54, 1.807) is 12.3 Å². The maximum Gasteiger partial charge on any atom is 0.107 e. The number of H-pyrrole nitrogens is 1. The molecule has 0 aliphatic rings. The van der Waals surface area contributed by atoms with Gasteiger partial charge < -0.3 is 10.3 Å². The second-order valence-corrected chi connectivity index (χ2v) is 5.26. The molecule has 3 nitrogen and oxygen atoms in total. The van der Waals surface area contributed by atoms with Gasteiger partial charge in [0.25, 0.3) is 0 Å². The SMILES string of the molecule is CCCNC(Cc1ncc[nH]1)c1cc(Cl)ccc1Cl. The van der Waals surface area contributed by atoms with Crippen molar-refractivity contribution in [3.63, 3.8) is 0 Å². The zero-order valence-electron chi connectivity index (χ0n) is 10.8. The van der Waals surface area contributed by atoms with Crippen molar-refractivity contribution in [2.75, 3.05) is 6.54 Å². The van der Waals surface area contributed by atoms with Gasteiger partial charge in [0.05, 0.1) is 0 Å². The van der Waals surface area contributed by atoms with Gasteiger partial charge in [0, 0.05) is 34.9 Å². The molecule has 0 amide bonds. The monoisotopic (exact) mass is 297 g/mol. The summed E-state index contributed by atoms with van der Waals surface area (Å²) >= 11 is 12.3. The summed E-state index contributed by atoms with van der Waals surface area (Å²) in [5, 5.41) is 4.91. The molecule has 5 heteroatoms. The minimum absolute atomic E-state index is 0.109. The van der Waals surface area contributed by atoms with E-state index in [9.17, 15) is 0 Å². The quantitative estimate of drug-likeness (QED) is 0.846. The van der Waals surface area contributed by atoms with Crippen molar-refractivity contribution in [1.29, 1.82) is 0 Å². The molecule has 0 saturated carbocycles. The number of imidazole rings is 1. The number of benzene rings is 1. The molecule has 1 unspecified atom stereocenters. The normalized spacial score (nSPS) is 12.6. The first-order valence-electron chi connectivity index (χ1n) is 6.37. The molecular weight excluding hydrogens is 281 g/mol. The van der Waals surface area contributed by atoms with Crippen LogP contribution in [0.3, 0.4) is 0 Å². The van der Waals surface area contributed by atoms with Crippen molar-refractivity contribution in [3.8, 4) is 0 Å². The zero-order valence-corrected chi connectivity index (χ0v) is 12.3. The Kier molecular flexibility index (Phi) is 5.25. The van der Waals surface area contributed by atoms with Crippen molar-refractivity contribution in [2.45, 2.75) is 25.8 Å². The van der Waals surface area contributed by atoms with Crippen LogP contribution >= 0.6 is 23.2 Å². The molecular formula is C14H17Cl2N3. The van der Waals surface area contributed by atoms with Crippen LogP contribution < -0.4 is 5.32 Å². The second kappa shape index (κ2) is 6.94. The summed E-state index contributed by atoms with van der Waals surface area (Å²) in [6, 6.07) is 5.66. The molecule has 1 aromatic heterocycles. The van der Waals surface area contributed by atoms with Crippen LogP contribution in [0.25, 0.3) is 0 Å². The molecule has 0 bridgehead atoms. The van der Waals surface area contributed by atoms with E-state index < -0.39 is 0 Å². The van der Waals surface area contributed by atoms with Crippen LogP contribution in [0.2, 0.25) is 10.0 Å². The van der Waals surface area contributed by atoms with Crippen LogP contribution in [0.4, 0.5) is 0 Å². The van der Waals surface area contributed by atoms with Crippen molar-refractivity contribution in [2.24, 2.45) is 0 Å². The number of rotatable bonds is 6. The van der Waals surface area contributed by atoms with E-state index in [1.165, 1.54) is 0 Å². The van der Waals surface area contributed by atoms with Crippen molar-refractivity contribution in [3.05, 3.63) is 52.0 Å². The Bertz CT molecular complexity index is 511. The maximum atomic E-state index is 6.28. The molecule has 2 rings (SSSR count). The molecule has 0 aliphatic carbocycles. The third kappa shape index (κ3) is 3.96. The van der Waals surface area contributed by atoms with Crippen molar-refractivity contribution >= 4 is 23.2 Å². The van der Waals surface area contributed by atoms with E-state index in [0.29, 0.717) is 5.02 Å². The van der Waals surface area contributed by atoms with Gasteiger partial charge in [0.15, 0.2) is 0 Å². The number of nitrogens with one attached hydrogen (secondary N) is 2. The number of hydrogen-bond acceptors (Lipinski definition) is 2. The van der Waals surface area contributed by atoms with E-state index in [1.807, 2.05) is 18.3 Å². The highest BCUT2D eigenvalue weighted by Gasteiger charge is 2.16. The van der Waals surface area contributed by atoms with Gasteiger partial charge in [-0.05, 0) is 36.7 Å². The predicted octanol–water partition coefficient (Wildman–Crippen LogP) is 4.00. The summed E-state index contributed by atoms with van der Waals surface area (Å²) in [4.78, 5) is 7.39. The van der Waals surface area contributed by atoms with Gasteiger partial charge >= 0.3 is 0 Å². The van der Waals surface area contributed by atoms with Crippen LogP contribution in [0.15, 0.2) is 30.6 Å². The van der Waals surface area contributed by atoms with Crippen LogP contribution in [-0.4, -0.2) is 16.5 Å². The standard InChI is InChI=1S/C14H17Cl2N3/c1-2-5-17-13(9-14-18-6-7-19-14)11-8-10(15)3-4-12(11)16/h3-4,6-8,13,17H,2,5,9H2,1H3,(H,18,19). The smallest absolute Gasteiger partial charge is 0.107 e. The fraction of sp³-hybridized carbons (Fsp3) is 0.357. The predicted molar refractivity (Wildman–Crippen MR) is 79.8 cm³/mol. The first-order chi connectivity index (χ1) is 9.20. The molecule has 0 spiro atoms. The number of hydrogen-bond donors (Lipinski definition) is 2. The lowest BCUT2D eigenvalue weighted by Gasteiger charge is -2.19. The Hall–Kier alpha value is -1.03. The lowest BCUT2D eigenvalue weighted by molar-refractivity contribution is 0.520. The number of halogens is 2. The molecule has 1 aromatic carbocycles. The lowest BCUT2D eigenvalue weighted by Crippen LogP contribution is -2.24. The van der Waals surface area contributed by atoms with E-state index in [2.05, 4.69) is 22.2 Å². The molecule has 19 heavy (non-hydrogen) atoms. The lowest BCUT2D eigenvalue weighted by atomic mass is 10.0. The third-order valence-corrected chi connectivity index (χ3v) is 3.51. The summed E-state index contributed by atoms with van der Waals surface area (Å²) in [7, 11) is 0. The van der Waals surface area contributed by atoms with Crippen molar-refractivity contribution < 1.29 is 0 Å². The van der Waals surface area contributed by atoms with E-state index in [4.69, 9.17) is 23.2 Å². The Balaban J connectivity index is 2.23. The van der Waals surface area contributed by atoms with Gasteiger partial charge in [-0.1, -0.05) is 30.1 Å². The first-order valence-corrected chi connectivity index (χ1v) is 7.13. The van der Waals surface area contributed by atoms with Gasteiger partial charge in [-0.25, -0.2) is 4.98 Å². The summed E-state index contributed by atoms with van der Waals surface area (Å²) < 4.78 is 0. The summed E-state index contributed by atoms with van der Waals surface area (Å²) in [5.41, 5.74) is 1.01. The molecule has 2 aromatic rings. The summed E-state index contributed by atoms with van der Waals surface area (Å²) in [6.07, 6.45) is 5.40. The second-order valence-electron chi connectivity index (χ2n) is 4.41. The van der Waals surface area contributed by atoms with E-state index in [0.717, 1.165) is 35.8 Å². The summed E-state index contributed by atoms with van der Waals surface area (Å²) in [5.74, 6) is 0.935.